The quantitative estimate of drug-likeness (QED) is 0.475. The molecular formula is C23H29N5O2. The van der Waals surface area contributed by atoms with Gasteiger partial charge in [-0.25, -0.2) is 4.79 Å². The lowest BCUT2D eigenvalue weighted by atomic mass is 9.96. The zero-order valence-electron chi connectivity index (χ0n) is 17.5. The number of benzene rings is 2. The van der Waals surface area contributed by atoms with Crippen molar-refractivity contribution in [1.29, 1.82) is 5.26 Å². The van der Waals surface area contributed by atoms with Crippen LogP contribution in [0.1, 0.15) is 54.6 Å². The van der Waals surface area contributed by atoms with Crippen molar-refractivity contribution in [3.05, 3.63) is 65.2 Å². The van der Waals surface area contributed by atoms with Crippen molar-refractivity contribution in [1.82, 2.24) is 10.6 Å². The molecule has 3 amide bonds. The van der Waals surface area contributed by atoms with Gasteiger partial charge in [-0.1, -0.05) is 12.1 Å². The number of nitrogens with two attached hydrogens (primary N) is 1. The zero-order chi connectivity index (χ0) is 22.0. The number of nitriles is 1. The maximum absolute atomic E-state index is 12.6. The lowest BCUT2D eigenvalue weighted by Crippen LogP contribution is -2.43. The SMILES string of the molecule is CC(C)(CCCCN)NC(=O)c1cccc(CNC(=O)Nc2ccc(C#N)cc2)c1. The Morgan fingerprint density at radius 2 is 1.83 bits per heavy atom. The number of carbonyl (C=O) groups excluding carboxylic acids is 2. The highest BCUT2D eigenvalue weighted by molar-refractivity contribution is 5.95. The summed E-state index contributed by atoms with van der Waals surface area (Å²) in [5.74, 6) is -0.142. The zero-order valence-corrected chi connectivity index (χ0v) is 17.5. The molecule has 0 aliphatic rings. The third-order valence-electron chi connectivity index (χ3n) is 4.62. The minimum atomic E-state index is -0.365. The van der Waals surface area contributed by atoms with E-state index >= 15 is 0 Å². The van der Waals surface area contributed by atoms with Crippen LogP contribution in [0.3, 0.4) is 0 Å². The van der Waals surface area contributed by atoms with Crippen LogP contribution >= 0.6 is 0 Å². The van der Waals surface area contributed by atoms with Crippen LogP contribution in [0.5, 0.6) is 0 Å². The molecule has 0 saturated carbocycles. The van der Waals surface area contributed by atoms with E-state index in [2.05, 4.69) is 16.0 Å². The lowest BCUT2D eigenvalue weighted by Gasteiger charge is -2.26. The van der Waals surface area contributed by atoms with Crippen molar-refractivity contribution in [2.75, 3.05) is 11.9 Å². The Hall–Kier alpha value is -3.37. The summed E-state index contributed by atoms with van der Waals surface area (Å²) >= 11 is 0. The second kappa shape index (κ2) is 11.0. The van der Waals surface area contributed by atoms with Crippen LogP contribution in [0.15, 0.2) is 48.5 Å². The number of hydrogen-bond acceptors (Lipinski definition) is 4. The standard InChI is InChI=1S/C23H29N5O2/c1-23(2,12-3-4-13-24)28-21(29)19-7-5-6-18(14-19)16-26-22(30)27-20-10-8-17(15-25)9-11-20/h5-11,14H,3-4,12-13,16,24H2,1-2H3,(H,28,29)(H2,26,27,30). The average molecular weight is 408 g/mol. The molecule has 0 unspecified atom stereocenters. The van der Waals surface area contributed by atoms with Gasteiger partial charge in [-0.15, -0.1) is 0 Å². The fourth-order valence-corrected chi connectivity index (χ4v) is 2.96. The third kappa shape index (κ3) is 7.57. The monoisotopic (exact) mass is 407 g/mol. The number of amides is 3. The molecule has 7 heteroatoms. The van der Waals surface area contributed by atoms with Crippen LogP contribution in [0.4, 0.5) is 10.5 Å². The Balaban J connectivity index is 1.89. The molecule has 0 bridgehead atoms. The molecule has 5 N–H and O–H groups in total. The lowest BCUT2D eigenvalue weighted by molar-refractivity contribution is 0.0908. The van der Waals surface area contributed by atoms with Gasteiger partial charge in [0.05, 0.1) is 11.6 Å². The molecule has 0 radical (unpaired) electrons. The molecule has 0 saturated heterocycles. The molecule has 2 aromatic rings. The third-order valence-corrected chi connectivity index (χ3v) is 4.62. The van der Waals surface area contributed by atoms with Crippen LogP contribution in [-0.2, 0) is 6.54 Å². The maximum Gasteiger partial charge on any atom is 0.319 e. The van der Waals surface area contributed by atoms with Crippen LogP contribution in [0.2, 0.25) is 0 Å². The molecule has 0 atom stereocenters. The van der Waals surface area contributed by atoms with Crippen molar-refractivity contribution < 1.29 is 9.59 Å². The van der Waals surface area contributed by atoms with Crippen molar-refractivity contribution >= 4 is 17.6 Å². The summed E-state index contributed by atoms with van der Waals surface area (Å²) in [6.45, 7) is 4.93. The smallest absolute Gasteiger partial charge is 0.319 e. The highest BCUT2D eigenvalue weighted by atomic mass is 16.2. The minimum absolute atomic E-state index is 0.142. The van der Waals surface area contributed by atoms with Crippen LogP contribution in [0, 0.1) is 11.3 Å². The fraction of sp³-hybridized carbons (Fsp3) is 0.348. The highest BCUT2D eigenvalue weighted by Gasteiger charge is 2.20. The second-order valence-electron chi connectivity index (χ2n) is 7.78. The number of hydrogen-bond donors (Lipinski definition) is 4. The maximum atomic E-state index is 12.6. The average Bonchev–Trinajstić information content (AvgIpc) is 2.73. The van der Waals surface area contributed by atoms with E-state index in [-0.39, 0.29) is 24.0 Å². The number of carbonyl (C=O) groups is 2. The van der Waals surface area contributed by atoms with Crippen molar-refractivity contribution in [3.8, 4) is 6.07 Å². The minimum Gasteiger partial charge on any atom is -0.347 e. The molecule has 0 spiro atoms. The molecule has 0 aromatic heterocycles. The molecule has 2 aromatic carbocycles. The molecule has 0 heterocycles. The van der Waals surface area contributed by atoms with Gasteiger partial charge in [0.15, 0.2) is 0 Å². The first-order chi connectivity index (χ1) is 14.3. The fourth-order valence-electron chi connectivity index (χ4n) is 2.96. The van der Waals surface area contributed by atoms with E-state index in [0.717, 1.165) is 24.8 Å². The van der Waals surface area contributed by atoms with E-state index in [1.54, 1.807) is 42.5 Å². The first-order valence-electron chi connectivity index (χ1n) is 9.99. The largest absolute Gasteiger partial charge is 0.347 e. The molecule has 30 heavy (non-hydrogen) atoms. The van der Waals surface area contributed by atoms with Gasteiger partial charge in [0, 0.05) is 23.3 Å². The van der Waals surface area contributed by atoms with Gasteiger partial charge in [0.25, 0.3) is 5.91 Å². The van der Waals surface area contributed by atoms with Crippen molar-refractivity contribution in [2.24, 2.45) is 5.73 Å². The van der Waals surface area contributed by atoms with E-state index in [4.69, 9.17) is 11.0 Å². The first kappa shape index (κ1) is 22.9. The summed E-state index contributed by atoms with van der Waals surface area (Å²) in [6.07, 6.45) is 2.75. The topological polar surface area (TPSA) is 120 Å². The van der Waals surface area contributed by atoms with E-state index in [9.17, 15) is 9.59 Å². The van der Waals surface area contributed by atoms with Crippen molar-refractivity contribution in [2.45, 2.75) is 45.2 Å². The Morgan fingerprint density at radius 1 is 1.10 bits per heavy atom. The second-order valence-corrected chi connectivity index (χ2v) is 7.78. The van der Waals surface area contributed by atoms with Crippen molar-refractivity contribution in [3.63, 3.8) is 0 Å². The Labute approximate surface area is 177 Å². The van der Waals surface area contributed by atoms with Crippen LogP contribution in [-0.4, -0.2) is 24.0 Å². The van der Waals surface area contributed by atoms with Gasteiger partial charge >= 0.3 is 6.03 Å². The normalized spacial score (nSPS) is 10.7. The Morgan fingerprint density at radius 3 is 2.50 bits per heavy atom. The van der Waals surface area contributed by atoms with E-state index in [1.165, 1.54) is 0 Å². The van der Waals surface area contributed by atoms with Gasteiger partial charge in [-0.3, -0.25) is 4.79 Å². The summed E-state index contributed by atoms with van der Waals surface area (Å²) in [5, 5.41) is 17.3. The van der Waals surface area contributed by atoms with Gasteiger partial charge < -0.3 is 21.7 Å². The number of nitrogens with zero attached hydrogens (tertiary/aromatic N) is 1. The molecule has 2 rings (SSSR count). The van der Waals surface area contributed by atoms with E-state index in [0.29, 0.717) is 23.4 Å². The van der Waals surface area contributed by atoms with Crippen LogP contribution in [0.25, 0.3) is 0 Å². The summed E-state index contributed by atoms with van der Waals surface area (Å²) in [4.78, 5) is 24.7. The number of urea groups is 1. The Kier molecular flexibility index (Phi) is 8.39. The Bertz CT molecular complexity index is 901. The molecule has 0 fully saturated rings. The molecule has 158 valence electrons. The predicted molar refractivity (Wildman–Crippen MR) is 118 cm³/mol. The number of nitrogens with one attached hydrogen (secondary N) is 3. The van der Waals surface area contributed by atoms with Gasteiger partial charge in [0.2, 0.25) is 0 Å². The number of anilines is 1. The molecule has 0 aliphatic heterocycles. The summed E-state index contributed by atoms with van der Waals surface area (Å²) < 4.78 is 0. The molecule has 0 aliphatic carbocycles. The first-order valence-corrected chi connectivity index (χ1v) is 9.99. The molecule has 7 nitrogen and oxygen atoms in total. The predicted octanol–water partition coefficient (Wildman–Crippen LogP) is 3.52. The summed E-state index contributed by atoms with van der Waals surface area (Å²) in [6, 6.07) is 15.4. The van der Waals surface area contributed by atoms with Gasteiger partial charge in [-0.2, -0.15) is 5.26 Å². The molecular weight excluding hydrogens is 378 g/mol. The van der Waals surface area contributed by atoms with Gasteiger partial charge in [0.1, 0.15) is 0 Å². The number of unbranched alkanes of at least 4 members (excludes halogenated alkanes) is 1. The van der Waals surface area contributed by atoms with Crippen LogP contribution < -0.4 is 21.7 Å². The highest BCUT2D eigenvalue weighted by Crippen LogP contribution is 2.15. The summed E-state index contributed by atoms with van der Waals surface area (Å²) in [5.41, 5.74) is 7.71. The van der Waals surface area contributed by atoms with E-state index < -0.39 is 0 Å². The summed E-state index contributed by atoms with van der Waals surface area (Å²) in [7, 11) is 0. The van der Waals surface area contributed by atoms with E-state index in [1.807, 2.05) is 26.0 Å². The number of rotatable bonds is 9. The van der Waals surface area contributed by atoms with Gasteiger partial charge in [-0.05, 0) is 81.6 Å².